The fraction of sp³-hybridized carbons (Fsp3) is 0.455. The fourth-order valence-corrected chi connectivity index (χ4v) is 3.91. The summed E-state index contributed by atoms with van der Waals surface area (Å²) in [5.41, 5.74) is 0. The highest BCUT2D eigenvalue weighted by atomic mass is 28.3. The molecule has 0 N–H and O–H groups in total. The Bertz CT molecular complexity index is 319. The average Bonchev–Trinajstić information content (AvgIpc) is 2.26. The third-order valence-electron chi connectivity index (χ3n) is 2.68. The highest BCUT2D eigenvalue weighted by molar-refractivity contribution is 6.90. The topological polar surface area (TPSA) is 9.23 Å². The molecule has 0 bridgehead atoms. The van der Waals surface area contributed by atoms with Crippen LogP contribution in [0.15, 0.2) is 24.3 Å². The summed E-state index contributed by atoms with van der Waals surface area (Å²) in [6.07, 6.45) is -0.447. The zero-order chi connectivity index (χ0) is 11.3. The summed E-state index contributed by atoms with van der Waals surface area (Å²) in [6.45, 7) is 2.34. The monoisotopic (exact) mass is 230 g/mol. The highest BCUT2D eigenvalue weighted by Crippen LogP contribution is 2.13. The van der Waals surface area contributed by atoms with Crippen molar-refractivity contribution in [3.8, 4) is 0 Å². The standard InChI is InChI=1S/C11H16F2OSi/c1-14-7-8-15(2,9-12)11-6-4-3-5-10(11)13/h3-6H,7-9H2,1-2H3. The minimum atomic E-state index is -2.33. The maximum Gasteiger partial charge on any atom is 0.125 e. The zero-order valence-electron chi connectivity index (χ0n) is 9.09. The van der Waals surface area contributed by atoms with Crippen LogP contribution in [-0.4, -0.2) is 28.1 Å². The minimum absolute atomic E-state index is 0.291. The normalized spacial score (nSPS) is 14.9. The second-order valence-corrected chi connectivity index (χ2v) is 8.34. The number of hydrogen-bond donors (Lipinski definition) is 0. The predicted octanol–water partition coefficient (Wildman–Crippen LogP) is 2.27. The quantitative estimate of drug-likeness (QED) is 0.705. The van der Waals surface area contributed by atoms with Gasteiger partial charge in [-0.1, -0.05) is 24.7 Å². The maximum absolute atomic E-state index is 13.5. The van der Waals surface area contributed by atoms with Gasteiger partial charge in [0.25, 0.3) is 0 Å². The van der Waals surface area contributed by atoms with Gasteiger partial charge in [-0.15, -0.1) is 0 Å². The van der Waals surface area contributed by atoms with E-state index >= 15 is 0 Å². The van der Waals surface area contributed by atoms with Gasteiger partial charge in [0.15, 0.2) is 0 Å². The van der Waals surface area contributed by atoms with E-state index in [1.54, 1.807) is 25.3 Å². The van der Waals surface area contributed by atoms with Crippen LogP contribution in [0.25, 0.3) is 0 Å². The van der Waals surface area contributed by atoms with Gasteiger partial charge in [-0.25, -0.2) is 4.39 Å². The SMILES string of the molecule is COCC[Si](C)(CF)c1ccccc1F. The van der Waals surface area contributed by atoms with Gasteiger partial charge in [0, 0.05) is 13.7 Å². The molecule has 0 spiro atoms. The molecule has 0 aliphatic carbocycles. The number of halogens is 2. The molecule has 0 aliphatic heterocycles. The third-order valence-corrected chi connectivity index (χ3v) is 6.28. The van der Waals surface area contributed by atoms with Gasteiger partial charge < -0.3 is 4.74 Å². The molecular formula is C11H16F2OSi. The fourth-order valence-electron chi connectivity index (χ4n) is 1.55. The van der Waals surface area contributed by atoms with Gasteiger partial charge in [-0.05, 0) is 17.3 Å². The lowest BCUT2D eigenvalue weighted by atomic mass is 10.3. The summed E-state index contributed by atoms with van der Waals surface area (Å²) < 4.78 is 31.5. The molecule has 1 rings (SSSR count). The summed E-state index contributed by atoms with van der Waals surface area (Å²) in [6, 6.07) is 7.08. The van der Waals surface area contributed by atoms with E-state index in [9.17, 15) is 8.78 Å². The molecule has 1 unspecified atom stereocenters. The molecule has 0 heterocycles. The maximum atomic E-state index is 13.5. The number of rotatable bonds is 5. The van der Waals surface area contributed by atoms with Gasteiger partial charge in [0.2, 0.25) is 0 Å². The Hall–Kier alpha value is -0.743. The summed E-state index contributed by atoms with van der Waals surface area (Å²) in [5.74, 6) is -0.291. The van der Waals surface area contributed by atoms with Crippen LogP contribution in [0.3, 0.4) is 0 Å². The Kier molecular flexibility index (Phi) is 4.41. The van der Waals surface area contributed by atoms with Crippen molar-refractivity contribution in [1.82, 2.24) is 0 Å². The molecule has 0 fully saturated rings. The number of hydrogen-bond acceptors (Lipinski definition) is 1. The molecule has 0 saturated heterocycles. The van der Waals surface area contributed by atoms with Crippen LogP contribution in [0.1, 0.15) is 0 Å². The van der Waals surface area contributed by atoms with Crippen molar-refractivity contribution in [2.45, 2.75) is 12.6 Å². The molecule has 1 aromatic carbocycles. The number of benzene rings is 1. The highest BCUT2D eigenvalue weighted by Gasteiger charge is 2.31. The number of ether oxygens (including phenoxy) is 1. The van der Waals surface area contributed by atoms with Crippen molar-refractivity contribution in [3.05, 3.63) is 30.1 Å². The Morgan fingerprint density at radius 2 is 2.00 bits per heavy atom. The molecule has 0 aliphatic rings. The Morgan fingerprint density at radius 1 is 1.33 bits per heavy atom. The van der Waals surface area contributed by atoms with Crippen LogP contribution in [0, 0.1) is 5.82 Å². The summed E-state index contributed by atoms with van der Waals surface area (Å²) >= 11 is 0. The summed E-state index contributed by atoms with van der Waals surface area (Å²) in [5, 5.41) is 0.560. The first-order chi connectivity index (χ1) is 7.14. The van der Waals surface area contributed by atoms with Crippen molar-refractivity contribution >= 4 is 13.3 Å². The molecule has 4 heteroatoms. The van der Waals surface area contributed by atoms with E-state index in [0.717, 1.165) is 0 Å². The smallest absolute Gasteiger partial charge is 0.125 e. The van der Waals surface area contributed by atoms with Crippen molar-refractivity contribution < 1.29 is 13.5 Å². The molecule has 0 amide bonds. The number of methoxy groups -OCH3 is 1. The van der Waals surface area contributed by atoms with Gasteiger partial charge in [-0.2, -0.15) is 0 Å². The Morgan fingerprint density at radius 3 is 2.53 bits per heavy atom. The van der Waals surface area contributed by atoms with Crippen LogP contribution in [0.4, 0.5) is 8.78 Å². The van der Waals surface area contributed by atoms with Crippen molar-refractivity contribution in [3.63, 3.8) is 0 Å². The molecular weight excluding hydrogens is 214 g/mol. The molecule has 1 nitrogen and oxygen atoms in total. The van der Waals surface area contributed by atoms with E-state index in [2.05, 4.69) is 0 Å². The van der Waals surface area contributed by atoms with Crippen LogP contribution < -0.4 is 5.19 Å². The molecule has 1 aromatic rings. The van der Waals surface area contributed by atoms with E-state index in [1.165, 1.54) is 6.07 Å². The van der Waals surface area contributed by atoms with Crippen LogP contribution in [-0.2, 0) is 4.74 Å². The van der Waals surface area contributed by atoms with Crippen molar-refractivity contribution in [2.24, 2.45) is 0 Å². The lowest BCUT2D eigenvalue weighted by Crippen LogP contribution is -2.49. The van der Waals surface area contributed by atoms with Crippen LogP contribution >= 0.6 is 0 Å². The summed E-state index contributed by atoms with van der Waals surface area (Å²) in [4.78, 5) is 0. The largest absolute Gasteiger partial charge is 0.385 e. The lowest BCUT2D eigenvalue weighted by Gasteiger charge is -2.24. The van der Waals surface area contributed by atoms with Gasteiger partial charge in [0.05, 0.1) is 6.30 Å². The molecule has 84 valence electrons. The van der Waals surface area contributed by atoms with E-state index in [-0.39, 0.29) is 5.82 Å². The van der Waals surface area contributed by atoms with E-state index in [1.807, 2.05) is 6.55 Å². The van der Waals surface area contributed by atoms with E-state index in [4.69, 9.17) is 4.74 Å². The third kappa shape index (κ3) is 2.86. The first-order valence-corrected chi connectivity index (χ1v) is 7.85. The molecule has 15 heavy (non-hydrogen) atoms. The van der Waals surface area contributed by atoms with Crippen molar-refractivity contribution in [1.29, 1.82) is 0 Å². The Balaban J connectivity index is 2.95. The molecule has 0 saturated carbocycles. The zero-order valence-corrected chi connectivity index (χ0v) is 10.1. The van der Waals surface area contributed by atoms with Crippen LogP contribution in [0.5, 0.6) is 0 Å². The van der Waals surface area contributed by atoms with Gasteiger partial charge >= 0.3 is 0 Å². The minimum Gasteiger partial charge on any atom is -0.385 e. The van der Waals surface area contributed by atoms with Crippen molar-refractivity contribution in [2.75, 3.05) is 20.0 Å². The second-order valence-electron chi connectivity index (χ2n) is 3.92. The Labute approximate surface area is 90.1 Å². The molecule has 1 atom stereocenters. The number of alkyl halides is 1. The first kappa shape index (κ1) is 12.3. The predicted molar refractivity (Wildman–Crippen MR) is 60.3 cm³/mol. The average molecular weight is 230 g/mol. The summed E-state index contributed by atoms with van der Waals surface area (Å²) in [7, 11) is -0.754. The van der Waals surface area contributed by atoms with E-state index in [0.29, 0.717) is 17.8 Å². The van der Waals surface area contributed by atoms with E-state index < -0.39 is 14.4 Å². The van der Waals surface area contributed by atoms with Gasteiger partial charge in [-0.3, -0.25) is 4.39 Å². The van der Waals surface area contributed by atoms with Gasteiger partial charge in [0.1, 0.15) is 13.9 Å². The van der Waals surface area contributed by atoms with Crippen LogP contribution in [0.2, 0.25) is 12.6 Å². The lowest BCUT2D eigenvalue weighted by molar-refractivity contribution is 0.214. The first-order valence-electron chi connectivity index (χ1n) is 4.94. The molecule has 0 radical (unpaired) electrons. The molecule has 0 aromatic heterocycles. The second kappa shape index (κ2) is 5.37.